The number of aromatic nitrogens is 1. The molecule has 1 aliphatic rings. The lowest BCUT2D eigenvalue weighted by molar-refractivity contribution is -0.132. The van der Waals surface area contributed by atoms with Crippen molar-refractivity contribution < 1.29 is 14.4 Å². The molecule has 1 fully saturated rings. The standard InChI is InChI=1S/C36H36ClN5O3/c37-29-17-14-26(15-18-29)16-19-34(43)39-23-30-20-22-42(25-31(27-9-3-1-4-10-27)28-11-5-2-6-12-28)36(45)33(41-30)24-40-35(44)32-13-7-8-21-38-32/h1-19,21,30-31,33,41H,20,22-25H2,(H,39,43)(H,40,44)/t30-,33-/m0/s1. The Bertz CT molecular complexity index is 1540. The van der Waals surface area contributed by atoms with Gasteiger partial charge in [0.1, 0.15) is 11.7 Å². The van der Waals surface area contributed by atoms with Crippen LogP contribution in [0.1, 0.15) is 39.5 Å². The van der Waals surface area contributed by atoms with Gasteiger partial charge in [-0.05, 0) is 53.5 Å². The predicted octanol–water partition coefficient (Wildman–Crippen LogP) is 4.69. The summed E-state index contributed by atoms with van der Waals surface area (Å²) in [5.74, 6) is -0.740. The Balaban J connectivity index is 1.30. The molecule has 0 aliphatic carbocycles. The van der Waals surface area contributed by atoms with Gasteiger partial charge in [0, 0.05) is 55.4 Å². The third-order valence-corrected chi connectivity index (χ3v) is 8.04. The molecular weight excluding hydrogens is 586 g/mol. The molecule has 9 heteroatoms. The number of halogens is 1. The zero-order valence-corrected chi connectivity index (χ0v) is 25.6. The van der Waals surface area contributed by atoms with Crippen molar-refractivity contribution in [2.75, 3.05) is 26.2 Å². The molecule has 230 valence electrons. The molecule has 45 heavy (non-hydrogen) atoms. The van der Waals surface area contributed by atoms with Gasteiger partial charge in [-0.1, -0.05) is 90.5 Å². The monoisotopic (exact) mass is 621 g/mol. The van der Waals surface area contributed by atoms with E-state index in [4.69, 9.17) is 11.6 Å². The van der Waals surface area contributed by atoms with E-state index in [1.807, 2.05) is 53.4 Å². The molecule has 1 aromatic heterocycles. The fourth-order valence-electron chi connectivity index (χ4n) is 5.38. The first kappa shape index (κ1) is 31.6. The first-order valence-corrected chi connectivity index (χ1v) is 15.4. The van der Waals surface area contributed by atoms with Crippen LogP contribution in [0.2, 0.25) is 5.02 Å². The number of amides is 3. The van der Waals surface area contributed by atoms with Gasteiger partial charge in [0.25, 0.3) is 5.91 Å². The highest BCUT2D eigenvalue weighted by molar-refractivity contribution is 6.30. The summed E-state index contributed by atoms with van der Waals surface area (Å²) < 4.78 is 0. The lowest BCUT2D eigenvalue weighted by Gasteiger charge is -2.29. The van der Waals surface area contributed by atoms with Crippen LogP contribution in [0.25, 0.3) is 6.08 Å². The van der Waals surface area contributed by atoms with Gasteiger partial charge in [0.15, 0.2) is 0 Å². The summed E-state index contributed by atoms with van der Waals surface area (Å²) >= 11 is 5.95. The van der Waals surface area contributed by atoms with Crippen LogP contribution in [0.5, 0.6) is 0 Å². The molecule has 0 unspecified atom stereocenters. The summed E-state index contributed by atoms with van der Waals surface area (Å²) in [6, 6.07) is 31.7. The highest BCUT2D eigenvalue weighted by atomic mass is 35.5. The Hall–Kier alpha value is -4.79. The van der Waals surface area contributed by atoms with E-state index in [1.54, 1.807) is 42.6 Å². The third kappa shape index (κ3) is 9.11. The number of rotatable bonds is 11. The topological polar surface area (TPSA) is 103 Å². The van der Waals surface area contributed by atoms with E-state index in [9.17, 15) is 14.4 Å². The summed E-state index contributed by atoms with van der Waals surface area (Å²) in [5, 5.41) is 9.87. The largest absolute Gasteiger partial charge is 0.351 e. The Kier molecular flexibility index (Phi) is 11.1. The van der Waals surface area contributed by atoms with Crippen molar-refractivity contribution in [2.45, 2.75) is 24.4 Å². The van der Waals surface area contributed by atoms with E-state index in [0.717, 1.165) is 16.7 Å². The van der Waals surface area contributed by atoms with Crippen LogP contribution in [-0.4, -0.2) is 65.9 Å². The Labute approximate surface area is 268 Å². The van der Waals surface area contributed by atoms with Gasteiger partial charge in [-0.15, -0.1) is 0 Å². The molecule has 5 rings (SSSR count). The molecule has 0 bridgehead atoms. The second kappa shape index (κ2) is 15.8. The van der Waals surface area contributed by atoms with Gasteiger partial charge >= 0.3 is 0 Å². The molecule has 2 heterocycles. The Morgan fingerprint density at radius 2 is 1.56 bits per heavy atom. The average Bonchev–Trinajstić information content (AvgIpc) is 3.23. The molecule has 0 spiro atoms. The summed E-state index contributed by atoms with van der Waals surface area (Å²) in [6.45, 7) is 1.36. The molecule has 3 aromatic carbocycles. The second-order valence-electron chi connectivity index (χ2n) is 10.9. The van der Waals surface area contributed by atoms with Crippen molar-refractivity contribution in [3.63, 3.8) is 0 Å². The summed E-state index contributed by atoms with van der Waals surface area (Å²) in [7, 11) is 0. The summed E-state index contributed by atoms with van der Waals surface area (Å²) in [6.07, 6.45) is 5.37. The van der Waals surface area contributed by atoms with Crippen LogP contribution in [0, 0.1) is 0 Å². The zero-order valence-electron chi connectivity index (χ0n) is 24.8. The SMILES string of the molecule is O=C(C=Cc1ccc(Cl)cc1)NC[C@@H]1CCN(CC(c2ccccc2)c2ccccc2)C(=O)[C@H](CNC(=O)c2ccccn2)N1. The number of benzene rings is 3. The number of nitrogens with zero attached hydrogens (tertiary/aromatic N) is 2. The van der Waals surface area contributed by atoms with Crippen LogP contribution >= 0.6 is 11.6 Å². The number of hydrogen-bond acceptors (Lipinski definition) is 5. The second-order valence-corrected chi connectivity index (χ2v) is 11.4. The van der Waals surface area contributed by atoms with Gasteiger partial charge < -0.3 is 15.5 Å². The van der Waals surface area contributed by atoms with Crippen LogP contribution in [0.3, 0.4) is 0 Å². The third-order valence-electron chi connectivity index (χ3n) is 7.79. The maximum absolute atomic E-state index is 14.0. The zero-order chi connectivity index (χ0) is 31.4. The Morgan fingerprint density at radius 1 is 0.889 bits per heavy atom. The highest BCUT2D eigenvalue weighted by Crippen LogP contribution is 2.26. The van der Waals surface area contributed by atoms with Crippen molar-refractivity contribution in [1.29, 1.82) is 0 Å². The maximum atomic E-state index is 14.0. The summed E-state index contributed by atoms with van der Waals surface area (Å²) in [4.78, 5) is 45.5. The van der Waals surface area contributed by atoms with E-state index in [0.29, 0.717) is 31.1 Å². The minimum absolute atomic E-state index is 0.0330. The minimum atomic E-state index is -0.695. The van der Waals surface area contributed by atoms with E-state index in [-0.39, 0.29) is 41.9 Å². The van der Waals surface area contributed by atoms with E-state index in [1.165, 1.54) is 6.08 Å². The average molecular weight is 622 g/mol. The van der Waals surface area contributed by atoms with Crippen molar-refractivity contribution in [1.82, 2.24) is 25.8 Å². The lowest BCUT2D eigenvalue weighted by Crippen LogP contribution is -2.54. The first-order valence-electron chi connectivity index (χ1n) is 15.0. The molecular formula is C36H36ClN5O3. The molecule has 1 saturated heterocycles. The number of carbonyl (C=O) groups excluding carboxylic acids is 3. The van der Waals surface area contributed by atoms with Gasteiger partial charge in [-0.25, -0.2) is 0 Å². The predicted molar refractivity (Wildman–Crippen MR) is 177 cm³/mol. The van der Waals surface area contributed by atoms with Crippen molar-refractivity contribution in [2.24, 2.45) is 0 Å². The van der Waals surface area contributed by atoms with E-state index < -0.39 is 6.04 Å². The maximum Gasteiger partial charge on any atom is 0.269 e. The fraction of sp³-hybridized carbons (Fsp3) is 0.222. The normalized spacial score (nSPS) is 16.8. The Morgan fingerprint density at radius 3 is 2.20 bits per heavy atom. The molecule has 8 nitrogen and oxygen atoms in total. The molecule has 1 aliphatic heterocycles. The molecule has 0 radical (unpaired) electrons. The van der Waals surface area contributed by atoms with Crippen molar-refractivity contribution in [3.05, 3.63) is 143 Å². The summed E-state index contributed by atoms with van der Waals surface area (Å²) in [5.41, 5.74) is 3.37. The van der Waals surface area contributed by atoms with Crippen LogP contribution < -0.4 is 16.0 Å². The number of nitrogens with one attached hydrogen (secondary N) is 3. The van der Waals surface area contributed by atoms with Gasteiger partial charge in [-0.3, -0.25) is 24.7 Å². The van der Waals surface area contributed by atoms with Gasteiger partial charge in [-0.2, -0.15) is 0 Å². The van der Waals surface area contributed by atoms with Gasteiger partial charge in [0.05, 0.1) is 0 Å². The van der Waals surface area contributed by atoms with Crippen LogP contribution in [0.15, 0.2) is 115 Å². The molecule has 3 N–H and O–H groups in total. The lowest BCUT2D eigenvalue weighted by atomic mass is 9.90. The minimum Gasteiger partial charge on any atom is -0.351 e. The molecule has 2 atom stereocenters. The first-order chi connectivity index (χ1) is 22.0. The molecule has 3 amide bonds. The van der Waals surface area contributed by atoms with Crippen LogP contribution in [-0.2, 0) is 9.59 Å². The highest BCUT2D eigenvalue weighted by Gasteiger charge is 2.33. The molecule has 0 saturated carbocycles. The van der Waals surface area contributed by atoms with Crippen molar-refractivity contribution >= 4 is 35.4 Å². The number of carbonyl (C=O) groups is 3. The van der Waals surface area contributed by atoms with Crippen LogP contribution in [0.4, 0.5) is 0 Å². The number of pyridine rings is 1. The number of hydrogen-bond donors (Lipinski definition) is 3. The van der Waals surface area contributed by atoms with E-state index >= 15 is 0 Å². The molecule has 4 aromatic rings. The smallest absolute Gasteiger partial charge is 0.269 e. The quantitative estimate of drug-likeness (QED) is 0.211. The van der Waals surface area contributed by atoms with E-state index in [2.05, 4.69) is 45.2 Å². The van der Waals surface area contributed by atoms with Gasteiger partial charge in [0.2, 0.25) is 11.8 Å². The fourth-order valence-corrected chi connectivity index (χ4v) is 5.50. The van der Waals surface area contributed by atoms with Crippen molar-refractivity contribution in [3.8, 4) is 0 Å².